The van der Waals surface area contributed by atoms with E-state index in [2.05, 4.69) is 20.4 Å². The van der Waals surface area contributed by atoms with Crippen molar-refractivity contribution >= 4 is 11.7 Å². The molecule has 2 aromatic heterocycles. The van der Waals surface area contributed by atoms with E-state index < -0.39 is 0 Å². The molecule has 132 valence electrons. The standard InChI is InChI=1S/C19H19N5O2/c1-20-16-12-14(9-10-21-16)19(25)24-11-5-8-15(24)18-22-17(23-26-18)13-6-3-2-4-7-13/h2-4,6-7,9-10,12,15H,5,8,11H2,1H3,(H,20,21)/t15-/m0/s1. The van der Waals surface area contributed by atoms with Crippen molar-refractivity contribution in [3.05, 3.63) is 60.1 Å². The molecule has 0 spiro atoms. The average molecular weight is 349 g/mol. The molecule has 1 amide bonds. The maximum atomic E-state index is 13.0. The summed E-state index contributed by atoms with van der Waals surface area (Å²) in [6.45, 7) is 0.670. The van der Waals surface area contributed by atoms with Gasteiger partial charge in [0.2, 0.25) is 11.7 Å². The lowest BCUT2D eigenvalue weighted by atomic mass is 10.2. The zero-order valence-electron chi connectivity index (χ0n) is 14.4. The van der Waals surface area contributed by atoms with Crippen molar-refractivity contribution in [1.29, 1.82) is 0 Å². The first kappa shape index (κ1) is 16.3. The lowest BCUT2D eigenvalue weighted by Gasteiger charge is -2.22. The molecule has 1 fully saturated rings. The second-order valence-corrected chi connectivity index (χ2v) is 6.16. The number of amides is 1. The summed E-state index contributed by atoms with van der Waals surface area (Å²) in [5.74, 6) is 1.64. The van der Waals surface area contributed by atoms with Crippen LogP contribution in [0.4, 0.5) is 5.82 Å². The van der Waals surface area contributed by atoms with Crippen molar-refractivity contribution in [3.63, 3.8) is 0 Å². The molecule has 0 aliphatic carbocycles. The van der Waals surface area contributed by atoms with Crippen molar-refractivity contribution in [2.45, 2.75) is 18.9 Å². The predicted molar refractivity (Wildman–Crippen MR) is 96.5 cm³/mol. The van der Waals surface area contributed by atoms with Gasteiger partial charge in [-0.05, 0) is 25.0 Å². The molecule has 0 radical (unpaired) electrons. The van der Waals surface area contributed by atoms with E-state index in [0.29, 0.717) is 29.6 Å². The third kappa shape index (κ3) is 3.03. The van der Waals surface area contributed by atoms with Gasteiger partial charge in [-0.1, -0.05) is 35.5 Å². The highest BCUT2D eigenvalue weighted by Crippen LogP contribution is 2.33. The molecule has 1 saturated heterocycles. The average Bonchev–Trinajstić information content (AvgIpc) is 3.37. The van der Waals surface area contributed by atoms with Crippen molar-refractivity contribution in [2.75, 3.05) is 18.9 Å². The maximum Gasteiger partial charge on any atom is 0.254 e. The molecule has 7 nitrogen and oxygen atoms in total. The largest absolute Gasteiger partial charge is 0.373 e. The summed E-state index contributed by atoms with van der Waals surface area (Å²) in [6.07, 6.45) is 3.35. The van der Waals surface area contributed by atoms with E-state index in [9.17, 15) is 4.79 Å². The van der Waals surface area contributed by atoms with E-state index in [1.807, 2.05) is 30.3 Å². The van der Waals surface area contributed by atoms with E-state index in [1.54, 1.807) is 30.3 Å². The molecular formula is C19H19N5O2. The Morgan fingerprint density at radius 1 is 1.27 bits per heavy atom. The molecule has 7 heteroatoms. The van der Waals surface area contributed by atoms with Gasteiger partial charge >= 0.3 is 0 Å². The summed E-state index contributed by atoms with van der Waals surface area (Å²) in [6, 6.07) is 12.9. The van der Waals surface area contributed by atoms with Gasteiger partial charge in [-0.25, -0.2) is 4.98 Å². The quantitative estimate of drug-likeness (QED) is 0.779. The first-order valence-corrected chi connectivity index (χ1v) is 8.60. The van der Waals surface area contributed by atoms with Gasteiger partial charge in [0.1, 0.15) is 11.9 Å². The summed E-state index contributed by atoms with van der Waals surface area (Å²) in [5.41, 5.74) is 1.49. The second-order valence-electron chi connectivity index (χ2n) is 6.16. The summed E-state index contributed by atoms with van der Waals surface area (Å²) < 4.78 is 5.48. The normalized spacial score (nSPS) is 16.7. The SMILES string of the molecule is CNc1cc(C(=O)N2CCC[C@H]2c2nc(-c3ccccc3)no2)ccn1. The molecule has 1 aliphatic rings. The highest BCUT2D eigenvalue weighted by Gasteiger charge is 2.34. The van der Waals surface area contributed by atoms with Gasteiger partial charge in [0.15, 0.2) is 0 Å². The Hall–Kier alpha value is -3.22. The van der Waals surface area contributed by atoms with Gasteiger partial charge in [-0.15, -0.1) is 0 Å². The minimum absolute atomic E-state index is 0.0501. The number of aromatic nitrogens is 3. The predicted octanol–water partition coefficient (Wildman–Crippen LogP) is 3.15. The molecule has 1 aromatic carbocycles. The fraction of sp³-hybridized carbons (Fsp3) is 0.263. The van der Waals surface area contributed by atoms with Crippen LogP contribution in [-0.4, -0.2) is 39.5 Å². The number of anilines is 1. The third-order valence-corrected chi connectivity index (χ3v) is 4.54. The van der Waals surface area contributed by atoms with Crippen LogP contribution in [-0.2, 0) is 0 Å². The first-order valence-electron chi connectivity index (χ1n) is 8.60. The number of carbonyl (C=O) groups excluding carboxylic acids is 1. The van der Waals surface area contributed by atoms with E-state index in [1.165, 1.54) is 0 Å². The highest BCUT2D eigenvalue weighted by atomic mass is 16.5. The molecular weight excluding hydrogens is 330 g/mol. The van der Waals surface area contributed by atoms with E-state index in [0.717, 1.165) is 18.4 Å². The lowest BCUT2D eigenvalue weighted by molar-refractivity contribution is 0.0710. The Morgan fingerprint density at radius 3 is 2.92 bits per heavy atom. The molecule has 0 saturated carbocycles. The number of nitrogens with zero attached hydrogens (tertiary/aromatic N) is 4. The van der Waals surface area contributed by atoms with E-state index in [4.69, 9.17) is 4.52 Å². The topological polar surface area (TPSA) is 84.2 Å². The van der Waals surface area contributed by atoms with Crippen molar-refractivity contribution < 1.29 is 9.32 Å². The summed E-state index contributed by atoms with van der Waals surface area (Å²) in [5, 5.41) is 7.04. The van der Waals surface area contributed by atoms with Crippen LogP contribution in [0.5, 0.6) is 0 Å². The zero-order chi connectivity index (χ0) is 17.9. The van der Waals surface area contributed by atoms with Crippen LogP contribution in [0.3, 0.4) is 0 Å². The van der Waals surface area contributed by atoms with Crippen molar-refractivity contribution in [1.82, 2.24) is 20.0 Å². The van der Waals surface area contributed by atoms with Crippen molar-refractivity contribution in [3.8, 4) is 11.4 Å². The van der Waals surface area contributed by atoms with Crippen LogP contribution in [0.15, 0.2) is 53.2 Å². The number of likely N-dealkylation sites (tertiary alicyclic amines) is 1. The van der Waals surface area contributed by atoms with Gasteiger partial charge in [-0.2, -0.15) is 4.98 Å². The number of hydrogen-bond donors (Lipinski definition) is 1. The van der Waals surface area contributed by atoms with Crippen LogP contribution in [0.1, 0.15) is 35.1 Å². The Morgan fingerprint density at radius 2 is 2.12 bits per heavy atom. The van der Waals surface area contributed by atoms with Gasteiger partial charge in [0.05, 0.1) is 0 Å². The van der Waals surface area contributed by atoms with Crippen LogP contribution in [0, 0.1) is 0 Å². The molecule has 4 rings (SSSR count). The molecule has 1 N–H and O–H groups in total. The van der Waals surface area contributed by atoms with Crippen LogP contribution in [0.2, 0.25) is 0 Å². The number of benzene rings is 1. The molecule has 3 heterocycles. The number of pyridine rings is 1. The Labute approximate surface area is 151 Å². The molecule has 1 atom stereocenters. The first-order chi connectivity index (χ1) is 12.8. The Bertz CT molecular complexity index is 909. The zero-order valence-corrected chi connectivity index (χ0v) is 14.4. The van der Waals surface area contributed by atoms with Crippen LogP contribution < -0.4 is 5.32 Å². The highest BCUT2D eigenvalue weighted by molar-refractivity contribution is 5.95. The minimum Gasteiger partial charge on any atom is -0.373 e. The summed E-state index contributed by atoms with van der Waals surface area (Å²) in [7, 11) is 1.78. The van der Waals surface area contributed by atoms with Gasteiger partial charge in [0.25, 0.3) is 5.91 Å². The number of nitrogens with one attached hydrogen (secondary N) is 1. The number of rotatable bonds is 4. The van der Waals surface area contributed by atoms with Gasteiger partial charge in [0, 0.05) is 30.9 Å². The Kier molecular flexibility index (Phi) is 4.35. The second kappa shape index (κ2) is 6.95. The van der Waals surface area contributed by atoms with Crippen LogP contribution in [0.25, 0.3) is 11.4 Å². The number of hydrogen-bond acceptors (Lipinski definition) is 6. The smallest absolute Gasteiger partial charge is 0.254 e. The molecule has 0 bridgehead atoms. The monoisotopic (exact) mass is 349 g/mol. The molecule has 3 aromatic rings. The Balaban J connectivity index is 1.59. The van der Waals surface area contributed by atoms with Gasteiger partial charge in [-0.3, -0.25) is 4.79 Å². The van der Waals surface area contributed by atoms with Gasteiger partial charge < -0.3 is 14.7 Å². The molecule has 26 heavy (non-hydrogen) atoms. The fourth-order valence-corrected chi connectivity index (χ4v) is 3.21. The molecule has 0 unspecified atom stereocenters. The summed E-state index contributed by atoms with van der Waals surface area (Å²) in [4.78, 5) is 23.4. The third-order valence-electron chi connectivity index (χ3n) is 4.54. The fourth-order valence-electron chi connectivity index (χ4n) is 3.21. The molecule has 1 aliphatic heterocycles. The van der Waals surface area contributed by atoms with E-state index >= 15 is 0 Å². The lowest BCUT2D eigenvalue weighted by Crippen LogP contribution is -2.30. The summed E-state index contributed by atoms with van der Waals surface area (Å²) >= 11 is 0. The van der Waals surface area contributed by atoms with Crippen LogP contribution >= 0.6 is 0 Å². The van der Waals surface area contributed by atoms with E-state index in [-0.39, 0.29) is 11.9 Å². The van der Waals surface area contributed by atoms with Crippen molar-refractivity contribution in [2.24, 2.45) is 0 Å². The maximum absolute atomic E-state index is 13.0. The number of carbonyl (C=O) groups is 1. The minimum atomic E-state index is -0.196.